The van der Waals surface area contributed by atoms with Crippen LogP contribution < -0.4 is 5.32 Å². The molecule has 5 nitrogen and oxygen atoms in total. The number of aromatic nitrogens is 3. The molecule has 0 fully saturated rings. The van der Waals surface area contributed by atoms with Crippen molar-refractivity contribution in [2.24, 2.45) is 0 Å². The molecule has 1 aromatic heterocycles. The third-order valence-electron chi connectivity index (χ3n) is 4.80. The van der Waals surface area contributed by atoms with Crippen LogP contribution in [-0.2, 0) is 0 Å². The Labute approximate surface area is 191 Å². The zero-order chi connectivity index (χ0) is 21.3. The van der Waals surface area contributed by atoms with Crippen molar-refractivity contribution in [3.63, 3.8) is 0 Å². The number of benzene rings is 3. The second-order valence-corrected chi connectivity index (χ2v) is 8.69. The first-order chi connectivity index (χ1) is 14.4. The van der Waals surface area contributed by atoms with E-state index in [9.17, 15) is 4.79 Å². The summed E-state index contributed by atoms with van der Waals surface area (Å²) in [5.74, 6) is 0.347. The first kappa shape index (κ1) is 20.5. The van der Waals surface area contributed by atoms with Crippen LogP contribution in [0, 0.1) is 13.8 Å². The van der Waals surface area contributed by atoms with Gasteiger partial charge in [-0.25, -0.2) is 9.67 Å². The maximum absolute atomic E-state index is 12.9. The molecule has 0 aliphatic carbocycles. The van der Waals surface area contributed by atoms with Crippen molar-refractivity contribution in [2.45, 2.75) is 13.8 Å². The lowest BCUT2D eigenvalue weighted by atomic mass is 10.1. The van der Waals surface area contributed by atoms with Crippen LogP contribution >= 0.6 is 31.9 Å². The summed E-state index contributed by atoms with van der Waals surface area (Å²) in [5, 5.41) is 7.43. The van der Waals surface area contributed by atoms with E-state index in [4.69, 9.17) is 0 Å². The van der Waals surface area contributed by atoms with E-state index in [2.05, 4.69) is 60.2 Å². The maximum Gasteiger partial charge on any atom is 0.295 e. The van der Waals surface area contributed by atoms with Crippen LogP contribution in [0.25, 0.3) is 17.1 Å². The van der Waals surface area contributed by atoms with Gasteiger partial charge in [0.1, 0.15) is 0 Å². The molecule has 1 heterocycles. The summed E-state index contributed by atoms with van der Waals surface area (Å²) in [6, 6.07) is 21.2. The largest absolute Gasteiger partial charge is 0.319 e. The molecule has 0 radical (unpaired) electrons. The van der Waals surface area contributed by atoms with Gasteiger partial charge in [0.15, 0.2) is 5.82 Å². The van der Waals surface area contributed by atoms with Crippen LogP contribution in [0.1, 0.15) is 21.7 Å². The molecule has 3 aromatic carbocycles. The summed E-state index contributed by atoms with van der Waals surface area (Å²) < 4.78 is 3.59. The van der Waals surface area contributed by atoms with E-state index in [1.807, 2.05) is 67.6 Å². The number of halogens is 2. The number of anilines is 1. The predicted molar refractivity (Wildman–Crippen MR) is 126 cm³/mol. The Hall–Kier alpha value is -2.77. The zero-order valence-corrected chi connectivity index (χ0v) is 19.5. The van der Waals surface area contributed by atoms with Crippen molar-refractivity contribution in [3.05, 3.63) is 92.6 Å². The molecular weight excluding hydrogens is 508 g/mol. The van der Waals surface area contributed by atoms with Crippen molar-refractivity contribution in [1.29, 1.82) is 0 Å². The minimum Gasteiger partial charge on any atom is -0.319 e. The van der Waals surface area contributed by atoms with Gasteiger partial charge in [-0.2, -0.15) is 0 Å². The lowest BCUT2D eigenvalue weighted by Crippen LogP contribution is -2.14. The molecule has 0 saturated carbocycles. The number of nitrogens with one attached hydrogen (secondary N) is 1. The Kier molecular flexibility index (Phi) is 5.83. The van der Waals surface area contributed by atoms with Gasteiger partial charge in [-0.1, -0.05) is 62.2 Å². The lowest BCUT2D eigenvalue weighted by molar-refractivity contribution is 0.101. The zero-order valence-electron chi connectivity index (χ0n) is 16.4. The average Bonchev–Trinajstić information content (AvgIpc) is 3.16. The summed E-state index contributed by atoms with van der Waals surface area (Å²) in [4.78, 5) is 17.5. The van der Waals surface area contributed by atoms with Gasteiger partial charge in [-0.3, -0.25) is 4.79 Å². The second-order valence-electron chi connectivity index (χ2n) is 6.86. The Morgan fingerprint density at radius 1 is 0.933 bits per heavy atom. The third kappa shape index (κ3) is 4.22. The maximum atomic E-state index is 12.9. The van der Waals surface area contributed by atoms with Crippen LogP contribution in [0.15, 0.2) is 75.7 Å². The van der Waals surface area contributed by atoms with E-state index in [1.54, 1.807) is 4.68 Å². The van der Waals surface area contributed by atoms with E-state index >= 15 is 0 Å². The normalized spacial score (nSPS) is 10.8. The van der Waals surface area contributed by atoms with Gasteiger partial charge in [0.2, 0.25) is 5.82 Å². The number of hydrogen-bond donors (Lipinski definition) is 1. The number of hydrogen-bond acceptors (Lipinski definition) is 3. The molecule has 0 aliphatic rings. The number of carbonyl (C=O) groups excluding carboxylic acids is 1. The molecule has 0 atom stereocenters. The van der Waals surface area contributed by atoms with Crippen LogP contribution in [-0.4, -0.2) is 20.7 Å². The summed E-state index contributed by atoms with van der Waals surface area (Å²) in [7, 11) is 0. The van der Waals surface area contributed by atoms with E-state index in [-0.39, 0.29) is 11.7 Å². The third-order valence-corrected chi connectivity index (χ3v) is 5.82. The first-order valence-electron chi connectivity index (χ1n) is 9.29. The van der Waals surface area contributed by atoms with Crippen LogP contribution in [0.5, 0.6) is 0 Å². The van der Waals surface area contributed by atoms with Gasteiger partial charge in [-0.05, 0) is 61.4 Å². The molecular formula is C23H18Br2N4O. The van der Waals surface area contributed by atoms with E-state index in [0.717, 1.165) is 31.3 Å². The summed E-state index contributed by atoms with van der Waals surface area (Å²) >= 11 is 6.88. The van der Waals surface area contributed by atoms with Crippen LogP contribution in [0.4, 0.5) is 5.69 Å². The Morgan fingerprint density at radius 3 is 2.40 bits per heavy atom. The number of aryl methyl sites for hydroxylation is 1. The van der Waals surface area contributed by atoms with E-state index < -0.39 is 0 Å². The fraction of sp³-hybridized carbons (Fsp3) is 0.0870. The highest BCUT2D eigenvalue weighted by Crippen LogP contribution is 2.26. The highest BCUT2D eigenvalue weighted by Gasteiger charge is 2.20. The smallest absolute Gasteiger partial charge is 0.295 e. The lowest BCUT2D eigenvalue weighted by Gasteiger charge is -2.11. The molecule has 0 aliphatic heterocycles. The number of nitrogens with zero attached hydrogens (tertiary/aromatic N) is 3. The quantitative estimate of drug-likeness (QED) is 0.338. The molecule has 30 heavy (non-hydrogen) atoms. The second kappa shape index (κ2) is 8.53. The number of amides is 1. The van der Waals surface area contributed by atoms with E-state index in [1.165, 1.54) is 0 Å². The first-order valence-corrected chi connectivity index (χ1v) is 10.9. The van der Waals surface area contributed by atoms with Gasteiger partial charge < -0.3 is 5.32 Å². The van der Waals surface area contributed by atoms with Crippen molar-refractivity contribution in [3.8, 4) is 17.1 Å². The van der Waals surface area contributed by atoms with Gasteiger partial charge >= 0.3 is 0 Å². The van der Waals surface area contributed by atoms with Gasteiger partial charge in [0, 0.05) is 20.2 Å². The molecule has 0 unspecified atom stereocenters. The topological polar surface area (TPSA) is 59.8 Å². The number of rotatable bonds is 4. The minimum absolute atomic E-state index is 0.105. The molecule has 7 heteroatoms. The Balaban J connectivity index is 1.80. The van der Waals surface area contributed by atoms with Gasteiger partial charge in [0.05, 0.1) is 5.69 Å². The average molecular weight is 526 g/mol. The van der Waals surface area contributed by atoms with Gasteiger partial charge in [0.25, 0.3) is 5.91 Å². The monoisotopic (exact) mass is 524 g/mol. The molecule has 0 bridgehead atoms. The van der Waals surface area contributed by atoms with Crippen molar-refractivity contribution >= 4 is 43.5 Å². The Bertz CT molecular complexity index is 1230. The molecule has 1 N–H and O–H groups in total. The molecule has 0 spiro atoms. The predicted octanol–water partition coefficient (Wildman–Crippen LogP) is 6.33. The van der Waals surface area contributed by atoms with E-state index in [0.29, 0.717) is 11.5 Å². The van der Waals surface area contributed by atoms with Crippen molar-refractivity contribution in [1.82, 2.24) is 14.8 Å². The van der Waals surface area contributed by atoms with Crippen molar-refractivity contribution < 1.29 is 4.79 Å². The standard InChI is InChI=1S/C23H18Br2N4O/c1-14-5-3-8-20(15(14)2)29-22(16-9-11-17(24)12-10-16)27-21(28-29)23(30)26-19-7-4-6-18(25)13-19/h3-13H,1-2H3,(H,26,30). The van der Waals surface area contributed by atoms with Crippen LogP contribution in [0.2, 0.25) is 0 Å². The molecule has 150 valence electrons. The molecule has 1 amide bonds. The SMILES string of the molecule is Cc1cccc(-n2nc(C(=O)Nc3cccc(Br)c3)nc2-c2ccc(Br)cc2)c1C. The fourth-order valence-electron chi connectivity index (χ4n) is 3.08. The minimum atomic E-state index is -0.365. The fourth-order valence-corrected chi connectivity index (χ4v) is 3.74. The summed E-state index contributed by atoms with van der Waals surface area (Å²) in [6.07, 6.45) is 0. The van der Waals surface area contributed by atoms with Gasteiger partial charge in [-0.15, -0.1) is 5.10 Å². The van der Waals surface area contributed by atoms with Crippen molar-refractivity contribution in [2.75, 3.05) is 5.32 Å². The Morgan fingerprint density at radius 2 is 1.67 bits per heavy atom. The highest BCUT2D eigenvalue weighted by atomic mass is 79.9. The summed E-state index contributed by atoms with van der Waals surface area (Å²) in [5.41, 5.74) is 4.65. The molecule has 4 rings (SSSR count). The summed E-state index contributed by atoms with van der Waals surface area (Å²) in [6.45, 7) is 4.09. The van der Waals surface area contributed by atoms with Crippen LogP contribution in [0.3, 0.4) is 0 Å². The molecule has 0 saturated heterocycles. The highest BCUT2D eigenvalue weighted by molar-refractivity contribution is 9.10. The number of carbonyl (C=O) groups is 1. The molecule has 4 aromatic rings.